The average molecular weight is 194 g/mol. The number of carbonyl (C=O) groups excluding carboxylic acids is 2. The van der Waals surface area contributed by atoms with Crippen LogP contribution in [0, 0.1) is 0 Å². The van der Waals surface area contributed by atoms with Crippen molar-refractivity contribution in [1.29, 1.82) is 0 Å². The summed E-state index contributed by atoms with van der Waals surface area (Å²) in [5.74, 6) is -1.00. The van der Waals surface area contributed by atoms with Gasteiger partial charge in [-0.25, -0.2) is 4.79 Å². The summed E-state index contributed by atoms with van der Waals surface area (Å²) in [5, 5.41) is 17.1. The van der Waals surface area contributed by atoms with Gasteiger partial charge in [0.2, 0.25) is 0 Å². The zero-order valence-electron chi connectivity index (χ0n) is 7.81. The molecule has 0 aromatic carbocycles. The summed E-state index contributed by atoms with van der Waals surface area (Å²) in [6.07, 6.45) is -1.19. The first-order valence-corrected chi connectivity index (χ1v) is 3.30. The van der Waals surface area contributed by atoms with Crippen LogP contribution in [0.3, 0.4) is 0 Å². The Morgan fingerprint density at radius 2 is 1.77 bits per heavy atom. The van der Waals surface area contributed by atoms with E-state index in [1.165, 1.54) is 0 Å². The highest BCUT2D eigenvalue weighted by molar-refractivity contribution is 5.65. The highest BCUT2D eigenvalue weighted by Crippen LogP contribution is 1.84. The van der Waals surface area contributed by atoms with Gasteiger partial charge in [0, 0.05) is 0 Å². The monoisotopic (exact) mass is 194 g/mol. The Balaban J connectivity index is 0. The number of hydrogen-bond acceptors (Lipinski definition) is 5. The van der Waals surface area contributed by atoms with E-state index in [1.54, 1.807) is 21.1 Å². The van der Waals surface area contributed by atoms with Crippen molar-refractivity contribution in [2.75, 3.05) is 27.7 Å². The number of carboxylic acid groups (broad SMARTS) is 1. The van der Waals surface area contributed by atoms with E-state index in [0.717, 1.165) is 0 Å². The third-order valence-corrected chi connectivity index (χ3v) is 0.693. The molecule has 0 fully saturated rings. The normalized spacial score (nSPS) is 9.54. The van der Waals surface area contributed by atoms with Crippen LogP contribution >= 0.6 is 0 Å². The molecule has 0 aliphatic heterocycles. The highest BCUT2D eigenvalue weighted by atomic mass is 17.1. The minimum atomic E-state index is -1.19. The minimum Gasteiger partial charge on any atom is -0.544 e. The number of quaternary nitrogens is 1. The van der Waals surface area contributed by atoms with Gasteiger partial charge < -0.3 is 20.1 Å². The van der Waals surface area contributed by atoms with Crippen LogP contribution in [-0.2, 0) is 9.68 Å². The molecule has 0 unspecified atom stereocenters. The fraction of sp³-hybridized carbons (Fsp3) is 0.667. The number of likely N-dealkylation sites (N-methyl/N-ethyl adjacent to an activating group) is 1. The van der Waals surface area contributed by atoms with Gasteiger partial charge in [-0.05, 0) is 0 Å². The van der Waals surface area contributed by atoms with Crippen LogP contribution in [0.25, 0.3) is 0 Å². The zero-order valence-corrected chi connectivity index (χ0v) is 7.81. The Morgan fingerprint density at radius 3 is 1.77 bits per heavy atom. The standard InChI is InChI=1S/C5H11NO2.CH3NO3/c1-6(2,3)4-5(7)8;2-1(3)5-4/h4H2,1-3H3;4H,(H2,2,3). The molecule has 0 radical (unpaired) electrons. The zero-order chi connectivity index (χ0) is 11.1. The van der Waals surface area contributed by atoms with Gasteiger partial charge in [0.25, 0.3) is 0 Å². The summed E-state index contributed by atoms with van der Waals surface area (Å²) in [5.41, 5.74) is 4.18. The molecule has 78 valence electrons. The number of carbonyl (C=O) groups is 2. The molecule has 0 aromatic heterocycles. The molecule has 0 aliphatic rings. The van der Waals surface area contributed by atoms with Crippen molar-refractivity contribution in [2.24, 2.45) is 5.73 Å². The molecule has 0 aliphatic carbocycles. The van der Waals surface area contributed by atoms with E-state index in [4.69, 9.17) is 10.1 Å². The molecule has 1 amide bonds. The molecule has 13 heavy (non-hydrogen) atoms. The number of amides is 1. The Kier molecular flexibility index (Phi) is 6.78. The largest absolute Gasteiger partial charge is 0.544 e. The Bertz CT molecular complexity index is 174. The molecular weight excluding hydrogens is 180 g/mol. The quantitative estimate of drug-likeness (QED) is 0.300. The fourth-order valence-electron chi connectivity index (χ4n) is 0.387. The first kappa shape index (κ1) is 14.2. The lowest BCUT2D eigenvalue weighted by molar-refractivity contribution is -0.864. The molecule has 0 saturated heterocycles. The summed E-state index contributed by atoms with van der Waals surface area (Å²) in [6, 6.07) is 0. The van der Waals surface area contributed by atoms with Gasteiger partial charge in [-0.3, -0.25) is 4.89 Å². The van der Waals surface area contributed by atoms with Crippen LogP contribution < -0.4 is 10.8 Å². The number of nitrogens with two attached hydrogens (primary N) is 1. The highest BCUT2D eigenvalue weighted by Gasteiger charge is 2.04. The van der Waals surface area contributed by atoms with E-state index in [2.05, 4.69) is 10.6 Å². The van der Waals surface area contributed by atoms with E-state index in [0.29, 0.717) is 4.48 Å². The molecule has 3 N–H and O–H groups in total. The second-order valence-corrected chi connectivity index (χ2v) is 3.23. The van der Waals surface area contributed by atoms with Crippen LogP contribution in [0.5, 0.6) is 0 Å². The fourth-order valence-corrected chi connectivity index (χ4v) is 0.387. The molecule has 0 bridgehead atoms. The van der Waals surface area contributed by atoms with Crippen LogP contribution in [0.4, 0.5) is 4.79 Å². The Labute approximate surface area is 75.8 Å². The van der Waals surface area contributed by atoms with Crippen LogP contribution in [0.2, 0.25) is 0 Å². The van der Waals surface area contributed by atoms with Gasteiger partial charge in [0.15, 0.2) is 0 Å². The van der Waals surface area contributed by atoms with Crippen LogP contribution in [0.15, 0.2) is 0 Å². The van der Waals surface area contributed by atoms with Crippen molar-refractivity contribution in [3.8, 4) is 0 Å². The second kappa shape index (κ2) is 6.21. The predicted octanol–water partition coefficient (Wildman–Crippen LogP) is -2.00. The third-order valence-electron chi connectivity index (χ3n) is 0.693. The van der Waals surface area contributed by atoms with Crippen molar-refractivity contribution in [3.63, 3.8) is 0 Å². The number of aliphatic carboxylic acids is 1. The molecule has 7 nitrogen and oxygen atoms in total. The lowest BCUT2D eigenvalue weighted by Crippen LogP contribution is -2.45. The average Bonchev–Trinajstić information content (AvgIpc) is 1.83. The van der Waals surface area contributed by atoms with Crippen molar-refractivity contribution in [2.45, 2.75) is 0 Å². The molecule has 0 heterocycles. The second-order valence-electron chi connectivity index (χ2n) is 3.23. The smallest absolute Gasteiger partial charge is 0.435 e. The van der Waals surface area contributed by atoms with Gasteiger partial charge >= 0.3 is 6.09 Å². The summed E-state index contributed by atoms with van der Waals surface area (Å²) < 4.78 is 0.419. The van der Waals surface area contributed by atoms with Gasteiger partial charge in [0.1, 0.15) is 6.54 Å². The van der Waals surface area contributed by atoms with E-state index in [1.807, 2.05) is 0 Å². The molecule has 0 saturated carbocycles. The summed E-state index contributed by atoms with van der Waals surface area (Å²) in [7, 11) is 5.40. The first-order valence-electron chi connectivity index (χ1n) is 3.30. The summed E-state index contributed by atoms with van der Waals surface area (Å²) in [6.45, 7) is 0.0694. The van der Waals surface area contributed by atoms with Crippen molar-refractivity contribution in [1.82, 2.24) is 0 Å². The van der Waals surface area contributed by atoms with Crippen molar-refractivity contribution in [3.05, 3.63) is 0 Å². The Morgan fingerprint density at radius 1 is 1.46 bits per heavy atom. The third kappa shape index (κ3) is 25.0. The SMILES string of the molecule is C[N+](C)(C)CC(=O)[O-].NC(=O)OO. The van der Waals surface area contributed by atoms with Crippen LogP contribution in [-0.4, -0.2) is 49.5 Å². The summed E-state index contributed by atoms with van der Waals surface area (Å²) >= 11 is 0. The molecule has 0 aromatic rings. The summed E-state index contributed by atoms with van der Waals surface area (Å²) in [4.78, 5) is 21.9. The lowest BCUT2D eigenvalue weighted by atomic mass is 10.5. The topological polar surface area (TPSA) is 113 Å². The number of nitrogens with zero attached hydrogens (tertiary/aromatic N) is 1. The van der Waals surface area contributed by atoms with Crippen LogP contribution in [0.1, 0.15) is 0 Å². The van der Waals surface area contributed by atoms with E-state index in [9.17, 15) is 9.90 Å². The van der Waals surface area contributed by atoms with Gasteiger partial charge in [0.05, 0.1) is 27.1 Å². The number of hydrogen-bond donors (Lipinski definition) is 2. The minimum absolute atomic E-state index is 0.0694. The van der Waals surface area contributed by atoms with E-state index in [-0.39, 0.29) is 6.54 Å². The maximum atomic E-state index is 9.89. The molecule has 0 atom stereocenters. The molecule has 0 rings (SSSR count). The molecule has 7 heteroatoms. The lowest BCUT2D eigenvalue weighted by Gasteiger charge is -2.23. The van der Waals surface area contributed by atoms with E-state index < -0.39 is 12.1 Å². The number of rotatable bonds is 2. The number of carboxylic acids is 1. The van der Waals surface area contributed by atoms with Gasteiger partial charge in [-0.1, -0.05) is 0 Å². The Hall–Kier alpha value is -1.34. The van der Waals surface area contributed by atoms with Crippen molar-refractivity contribution < 1.29 is 29.3 Å². The predicted molar refractivity (Wildman–Crippen MR) is 41.2 cm³/mol. The number of primary amides is 1. The molecular formula is C6H14N2O5. The maximum Gasteiger partial charge on any atom is 0.435 e. The van der Waals surface area contributed by atoms with Gasteiger partial charge in [-0.15, -0.1) is 0 Å². The van der Waals surface area contributed by atoms with E-state index >= 15 is 0 Å². The molecule has 0 spiro atoms. The maximum absolute atomic E-state index is 9.89. The van der Waals surface area contributed by atoms with Gasteiger partial charge in [-0.2, -0.15) is 5.26 Å². The van der Waals surface area contributed by atoms with Crippen molar-refractivity contribution >= 4 is 12.1 Å². The first-order chi connectivity index (χ1) is 5.69.